The third-order valence-corrected chi connectivity index (χ3v) is 7.71. The lowest BCUT2D eigenvalue weighted by Crippen LogP contribution is -2.42. The second-order valence-electron chi connectivity index (χ2n) is 7.41. The number of aromatic nitrogens is 2. The van der Waals surface area contributed by atoms with Gasteiger partial charge in [0.15, 0.2) is 15.0 Å². The summed E-state index contributed by atoms with van der Waals surface area (Å²) in [5.41, 5.74) is 1.72. The van der Waals surface area contributed by atoms with Crippen molar-refractivity contribution in [3.8, 4) is 0 Å². The van der Waals surface area contributed by atoms with E-state index in [1.807, 2.05) is 19.1 Å². The summed E-state index contributed by atoms with van der Waals surface area (Å²) in [6, 6.07) is 6.85. The van der Waals surface area contributed by atoms with Crippen molar-refractivity contribution in [3.63, 3.8) is 0 Å². The number of rotatable bonds is 5. The Bertz CT molecular complexity index is 1150. The second kappa shape index (κ2) is 8.75. The number of hydrogen-bond donors (Lipinski definition) is 1. The first-order valence-electron chi connectivity index (χ1n) is 9.77. The number of nitrogens with one attached hydrogen (secondary N) is 1. The lowest BCUT2D eigenvalue weighted by Gasteiger charge is -2.27. The highest BCUT2D eigenvalue weighted by Crippen LogP contribution is 2.28. The minimum atomic E-state index is -3.16. The molecule has 1 aromatic carbocycles. The van der Waals surface area contributed by atoms with Crippen molar-refractivity contribution in [1.29, 1.82) is 0 Å². The number of sulfone groups is 1. The lowest BCUT2D eigenvalue weighted by atomic mass is 10.1. The largest absolute Gasteiger partial charge is 0.321 e. The molecule has 2 aromatic rings. The molecule has 1 saturated heterocycles. The molecule has 9 nitrogen and oxygen atoms in total. The summed E-state index contributed by atoms with van der Waals surface area (Å²) in [7, 11) is -3.16. The molecule has 4 rings (SSSR count). The third kappa shape index (κ3) is 5.10. The Morgan fingerprint density at radius 2 is 2.00 bits per heavy atom. The fourth-order valence-electron chi connectivity index (χ4n) is 3.47. The topological polar surface area (TPSA) is 122 Å². The number of hydrazone groups is 1. The number of benzene rings is 1. The molecule has 3 heterocycles. The van der Waals surface area contributed by atoms with Crippen molar-refractivity contribution in [3.05, 3.63) is 42.2 Å². The Kier molecular flexibility index (Phi) is 6.05. The standard InChI is InChI=1S/C20H21N5O4S2/c1-13-11-15(30-20-21-8-2-9-22-20)3-4-16(13)23-19(27)17-5-6-18(26)25(24-17)14-7-10-31(28,29)12-14/h2-4,8-9,11,14H,5-7,10,12H2,1H3,(H,23,27)/t14-/m0/s1. The van der Waals surface area contributed by atoms with Gasteiger partial charge in [-0.25, -0.2) is 23.4 Å². The maximum Gasteiger partial charge on any atom is 0.271 e. The van der Waals surface area contributed by atoms with Crippen molar-refractivity contribution in [2.24, 2.45) is 5.10 Å². The Balaban J connectivity index is 1.46. The predicted octanol–water partition coefficient (Wildman–Crippen LogP) is 2.04. The highest BCUT2D eigenvalue weighted by molar-refractivity contribution is 7.99. The number of aryl methyl sites for hydroxylation is 1. The van der Waals surface area contributed by atoms with Crippen LogP contribution in [0.5, 0.6) is 0 Å². The van der Waals surface area contributed by atoms with Gasteiger partial charge in [-0.2, -0.15) is 5.10 Å². The molecule has 0 bridgehead atoms. The molecule has 2 aliphatic rings. The van der Waals surface area contributed by atoms with Gasteiger partial charge in [-0.1, -0.05) is 0 Å². The average Bonchev–Trinajstić information content (AvgIpc) is 3.10. The molecule has 162 valence electrons. The Morgan fingerprint density at radius 1 is 1.23 bits per heavy atom. The Morgan fingerprint density at radius 3 is 2.68 bits per heavy atom. The zero-order valence-corrected chi connectivity index (χ0v) is 18.4. The third-order valence-electron chi connectivity index (χ3n) is 5.07. The van der Waals surface area contributed by atoms with Crippen LogP contribution < -0.4 is 5.32 Å². The quantitative estimate of drug-likeness (QED) is 0.679. The number of amides is 2. The highest BCUT2D eigenvalue weighted by atomic mass is 32.2. The van der Waals surface area contributed by atoms with Crippen LogP contribution in [-0.2, 0) is 19.4 Å². The van der Waals surface area contributed by atoms with Crippen LogP contribution in [-0.4, -0.2) is 58.5 Å². The summed E-state index contributed by atoms with van der Waals surface area (Å²) in [6.45, 7) is 1.88. The van der Waals surface area contributed by atoms with E-state index in [9.17, 15) is 18.0 Å². The molecule has 1 aromatic heterocycles. The number of nitrogens with zero attached hydrogens (tertiary/aromatic N) is 4. The molecule has 31 heavy (non-hydrogen) atoms. The van der Waals surface area contributed by atoms with Gasteiger partial charge < -0.3 is 5.32 Å². The van der Waals surface area contributed by atoms with Crippen molar-refractivity contribution in [2.45, 2.75) is 42.3 Å². The fraction of sp³-hybridized carbons (Fsp3) is 0.350. The van der Waals surface area contributed by atoms with Crippen molar-refractivity contribution in [1.82, 2.24) is 15.0 Å². The summed E-state index contributed by atoms with van der Waals surface area (Å²) >= 11 is 1.42. The van der Waals surface area contributed by atoms with E-state index in [1.54, 1.807) is 24.5 Å². The predicted molar refractivity (Wildman–Crippen MR) is 117 cm³/mol. The van der Waals surface area contributed by atoms with Gasteiger partial charge in [0.05, 0.1) is 17.5 Å². The summed E-state index contributed by atoms with van der Waals surface area (Å²) in [5, 5.41) is 8.88. The number of hydrogen-bond acceptors (Lipinski definition) is 8. The molecule has 0 spiro atoms. The monoisotopic (exact) mass is 459 g/mol. The first-order chi connectivity index (χ1) is 14.8. The van der Waals surface area contributed by atoms with Crippen LogP contribution in [0.3, 0.4) is 0 Å². The summed E-state index contributed by atoms with van der Waals surface area (Å²) in [6.07, 6.45) is 4.05. The first kappa shape index (κ1) is 21.4. The van der Waals surface area contributed by atoms with Crippen LogP contribution in [0.25, 0.3) is 0 Å². The van der Waals surface area contributed by atoms with Gasteiger partial charge in [0.1, 0.15) is 5.71 Å². The maximum atomic E-state index is 12.8. The molecule has 1 fully saturated rings. The van der Waals surface area contributed by atoms with E-state index >= 15 is 0 Å². The minimum Gasteiger partial charge on any atom is -0.321 e. The fourth-order valence-corrected chi connectivity index (χ4v) is 5.97. The van der Waals surface area contributed by atoms with Crippen molar-refractivity contribution in [2.75, 3.05) is 16.8 Å². The number of carbonyl (C=O) groups excluding carboxylic acids is 2. The minimum absolute atomic E-state index is 0.0378. The molecule has 2 aliphatic heterocycles. The summed E-state index contributed by atoms with van der Waals surface area (Å²) < 4.78 is 23.5. The van der Waals surface area contributed by atoms with Crippen LogP contribution >= 0.6 is 11.8 Å². The Labute approximate surface area is 184 Å². The summed E-state index contributed by atoms with van der Waals surface area (Å²) in [5.74, 6) is -0.719. The molecule has 0 unspecified atom stereocenters. The van der Waals surface area contributed by atoms with E-state index in [0.717, 1.165) is 10.5 Å². The molecular formula is C20H21N5O4S2. The maximum absolute atomic E-state index is 12.8. The normalized spacial score (nSPS) is 20.4. The molecule has 1 N–H and O–H groups in total. The SMILES string of the molecule is Cc1cc(Sc2ncccn2)ccc1NC(=O)C1=NN([C@H]2CCS(=O)(=O)C2)C(=O)CC1. The van der Waals surface area contributed by atoms with E-state index in [4.69, 9.17) is 0 Å². The zero-order chi connectivity index (χ0) is 22.0. The van der Waals surface area contributed by atoms with Crippen LogP contribution in [0.4, 0.5) is 5.69 Å². The van der Waals surface area contributed by atoms with Crippen molar-refractivity contribution < 1.29 is 18.0 Å². The molecule has 11 heteroatoms. The molecular weight excluding hydrogens is 438 g/mol. The summed E-state index contributed by atoms with van der Waals surface area (Å²) in [4.78, 5) is 34.3. The lowest BCUT2D eigenvalue weighted by molar-refractivity contribution is -0.133. The van der Waals surface area contributed by atoms with Gasteiger partial charge in [0, 0.05) is 35.8 Å². The molecule has 2 amide bonds. The van der Waals surface area contributed by atoms with Gasteiger partial charge in [0.25, 0.3) is 5.91 Å². The smallest absolute Gasteiger partial charge is 0.271 e. The van der Waals surface area contributed by atoms with Gasteiger partial charge in [0.2, 0.25) is 5.91 Å². The van der Waals surface area contributed by atoms with E-state index < -0.39 is 21.8 Å². The number of anilines is 1. The van der Waals surface area contributed by atoms with E-state index in [2.05, 4.69) is 20.4 Å². The van der Waals surface area contributed by atoms with Crippen molar-refractivity contribution >= 4 is 44.8 Å². The molecule has 0 aliphatic carbocycles. The highest BCUT2D eigenvalue weighted by Gasteiger charge is 2.37. The van der Waals surface area contributed by atoms with Gasteiger partial charge >= 0.3 is 0 Å². The second-order valence-corrected chi connectivity index (χ2v) is 10.7. The Hall–Kier alpha value is -2.79. The van der Waals surface area contributed by atoms with Gasteiger partial charge in [-0.3, -0.25) is 9.59 Å². The van der Waals surface area contributed by atoms with E-state index in [1.165, 1.54) is 16.8 Å². The molecule has 0 saturated carbocycles. The first-order valence-corrected chi connectivity index (χ1v) is 12.4. The van der Waals surface area contributed by atoms with Crippen LogP contribution in [0.1, 0.15) is 24.8 Å². The van der Waals surface area contributed by atoms with Gasteiger partial charge in [-0.15, -0.1) is 0 Å². The van der Waals surface area contributed by atoms with Crippen LogP contribution in [0, 0.1) is 6.92 Å². The van der Waals surface area contributed by atoms with Gasteiger partial charge in [-0.05, 0) is 54.9 Å². The van der Waals surface area contributed by atoms with E-state index in [0.29, 0.717) is 17.3 Å². The average molecular weight is 460 g/mol. The molecule has 0 radical (unpaired) electrons. The zero-order valence-electron chi connectivity index (χ0n) is 16.8. The van der Waals surface area contributed by atoms with Crippen LogP contribution in [0.2, 0.25) is 0 Å². The molecule has 1 atom stereocenters. The number of carbonyl (C=O) groups is 2. The van der Waals surface area contributed by atoms with Crippen LogP contribution in [0.15, 0.2) is 51.8 Å². The van der Waals surface area contributed by atoms with E-state index in [-0.39, 0.29) is 36.0 Å².